The van der Waals surface area contributed by atoms with Crippen molar-refractivity contribution in [3.63, 3.8) is 0 Å². The molecule has 0 aromatic heterocycles. The maximum atomic E-state index is 10.7. The van der Waals surface area contributed by atoms with Gasteiger partial charge in [-0.1, -0.05) is 48.9 Å². The number of dihydropyridines is 1. The molecule has 39 heavy (non-hydrogen) atoms. The van der Waals surface area contributed by atoms with Crippen molar-refractivity contribution in [3.05, 3.63) is 106 Å². The summed E-state index contributed by atoms with van der Waals surface area (Å²) in [6, 6.07) is 14.8. The maximum absolute atomic E-state index is 10.7. The molecular weight excluding hydrogens is 506 g/mol. The van der Waals surface area contributed by atoms with Gasteiger partial charge in [-0.3, -0.25) is 4.90 Å². The van der Waals surface area contributed by atoms with Crippen molar-refractivity contribution in [3.8, 4) is 5.75 Å². The van der Waals surface area contributed by atoms with Crippen LogP contribution in [0.3, 0.4) is 0 Å². The van der Waals surface area contributed by atoms with Gasteiger partial charge >= 0.3 is 0 Å². The van der Waals surface area contributed by atoms with Gasteiger partial charge in [0.15, 0.2) is 0 Å². The zero-order chi connectivity index (χ0) is 27.4. The second kappa shape index (κ2) is 12.1. The fraction of sp³-hybridized carbons (Fsp3) is 0.394. The Kier molecular flexibility index (Phi) is 8.63. The molecule has 0 spiro atoms. The highest BCUT2D eigenvalue weighted by Crippen LogP contribution is 2.40. The van der Waals surface area contributed by atoms with E-state index in [1.165, 1.54) is 12.0 Å². The van der Waals surface area contributed by atoms with E-state index in [1.54, 1.807) is 6.26 Å². The number of allylic oxidation sites excluding steroid dienone is 3. The Morgan fingerprint density at radius 3 is 2.79 bits per heavy atom. The Morgan fingerprint density at radius 2 is 2.03 bits per heavy atom. The van der Waals surface area contributed by atoms with Gasteiger partial charge in [-0.2, -0.15) is 0 Å². The first-order valence-corrected chi connectivity index (χ1v) is 14.5. The van der Waals surface area contributed by atoms with E-state index in [0.29, 0.717) is 6.04 Å². The van der Waals surface area contributed by atoms with E-state index in [2.05, 4.69) is 52.4 Å². The summed E-state index contributed by atoms with van der Waals surface area (Å²) in [6.45, 7) is 11.3. The van der Waals surface area contributed by atoms with Crippen molar-refractivity contribution >= 4 is 17.2 Å². The summed E-state index contributed by atoms with van der Waals surface area (Å²) < 4.78 is 6.06. The Balaban J connectivity index is 1.26. The summed E-state index contributed by atoms with van der Waals surface area (Å²) >= 11 is 6.06. The molecule has 0 aliphatic carbocycles. The van der Waals surface area contributed by atoms with Gasteiger partial charge in [0.25, 0.3) is 0 Å². The average Bonchev–Trinajstić information content (AvgIpc) is 3.33. The first kappa shape index (κ1) is 27.7. The first-order chi connectivity index (χ1) is 18.8. The van der Waals surface area contributed by atoms with E-state index in [-0.39, 0.29) is 0 Å². The van der Waals surface area contributed by atoms with Crippen LogP contribution in [-0.2, 0) is 12.0 Å². The molecule has 5 rings (SSSR count). The van der Waals surface area contributed by atoms with Gasteiger partial charge in [-0.05, 0) is 93.2 Å². The molecule has 2 aromatic rings. The van der Waals surface area contributed by atoms with Crippen molar-refractivity contribution in [2.24, 2.45) is 0 Å². The quantitative estimate of drug-likeness (QED) is 0.389. The fourth-order valence-corrected chi connectivity index (χ4v) is 5.85. The van der Waals surface area contributed by atoms with E-state index < -0.39 is 5.60 Å². The molecule has 1 saturated heterocycles. The van der Waals surface area contributed by atoms with Gasteiger partial charge < -0.3 is 20.1 Å². The highest BCUT2D eigenvalue weighted by molar-refractivity contribution is 6.30. The van der Waals surface area contributed by atoms with Crippen molar-refractivity contribution in [1.82, 2.24) is 15.1 Å². The van der Waals surface area contributed by atoms with Crippen LogP contribution in [0.4, 0.5) is 0 Å². The molecule has 0 bridgehead atoms. The third-order valence-corrected chi connectivity index (χ3v) is 8.28. The molecule has 2 N–H and O–H groups in total. The number of rotatable bonds is 9. The second-order valence-corrected chi connectivity index (χ2v) is 11.6. The molecule has 1 atom stereocenters. The van der Waals surface area contributed by atoms with Gasteiger partial charge in [-0.15, -0.1) is 0 Å². The van der Waals surface area contributed by atoms with Crippen LogP contribution in [0.2, 0.25) is 5.02 Å². The molecule has 5 nitrogen and oxygen atoms in total. The largest absolute Gasteiger partial charge is 0.462 e. The molecular formula is C33H40ClN3O2. The SMILES string of the molecule is CCN(CCc1ccc(Cl)cc1)C1CCN(CC/C=C2\C3=CC=CNC3=COc3ccc(C(C)(C)O)cc32)C1. The third-order valence-electron chi connectivity index (χ3n) is 8.02. The Morgan fingerprint density at radius 1 is 1.21 bits per heavy atom. The molecule has 3 aliphatic rings. The van der Waals surface area contributed by atoms with Crippen LogP contribution < -0.4 is 10.1 Å². The molecule has 1 unspecified atom stereocenters. The monoisotopic (exact) mass is 545 g/mol. The number of likely N-dealkylation sites (tertiary alicyclic amines) is 1. The molecule has 6 heteroatoms. The molecule has 1 fully saturated rings. The molecule has 2 aromatic carbocycles. The van der Waals surface area contributed by atoms with Crippen LogP contribution in [0.25, 0.3) is 5.57 Å². The van der Waals surface area contributed by atoms with Crippen LogP contribution in [0.15, 0.2) is 84.4 Å². The van der Waals surface area contributed by atoms with Crippen LogP contribution >= 0.6 is 11.6 Å². The zero-order valence-corrected chi connectivity index (χ0v) is 24.0. The highest BCUT2D eigenvalue weighted by Gasteiger charge is 2.27. The number of hydrogen-bond acceptors (Lipinski definition) is 5. The van der Waals surface area contributed by atoms with Gasteiger partial charge in [0.05, 0.1) is 11.3 Å². The lowest BCUT2D eigenvalue weighted by Crippen LogP contribution is -2.38. The molecule has 0 saturated carbocycles. The van der Waals surface area contributed by atoms with E-state index in [1.807, 2.05) is 50.4 Å². The number of aliphatic hydroxyl groups is 1. The van der Waals surface area contributed by atoms with Crippen molar-refractivity contribution in [1.29, 1.82) is 0 Å². The van der Waals surface area contributed by atoms with Crippen molar-refractivity contribution in [2.45, 2.75) is 51.7 Å². The summed E-state index contributed by atoms with van der Waals surface area (Å²) in [7, 11) is 0. The summed E-state index contributed by atoms with van der Waals surface area (Å²) in [4.78, 5) is 5.23. The molecule has 0 radical (unpaired) electrons. The third kappa shape index (κ3) is 6.67. The minimum atomic E-state index is -0.926. The summed E-state index contributed by atoms with van der Waals surface area (Å²) in [5, 5.41) is 14.8. The smallest absolute Gasteiger partial charge is 0.134 e. The second-order valence-electron chi connectivity index (χ2n) is 11.2. The van der Waals surface area contributed by atoms with Gasteiger partial charge in [0.2, 0.25) is 0 Å². The average molecular weight is 546 g/mol. The zero-order valence-electron chi connectivity index (χ0n) is 23.3. The van der Waals surface area contributed by atoms with Crippen LogP contribution in [0.1, 0.15) is 50.3 Å². The van der Waals surface area contributed by atoms with Gasteiger partial charge in [0, 0.05) is 48.0 Å². The van der Waals surface area contributed by atoms with E-state index in [9.17, 15) is 5.11 Å². The van der Waals surface area contributed by atoms with Crippen LogP contribution in [-0.4, -0.2) is 53.7 Å². The number of fused-ring (bicyclic) bond motifs is 2. The standard InChI is InChI=1S/C33H40ClN3O2/c1-4-37(20-15-24-9-12-26(34)13-10-24)27-16-19-36(22-27)18-6-8-28-29-7-5-17-35-31(29)23-39-32-14-11-25(21-30(28)32)33(2,3)38/h5,7-14,17,21,23,27,35,38H,4,6,15-16,18-20,22H2,1-3H3/b28-8+. The number of likely N-dealkylation sites (N-methyl/N-ethyl adjacent to an activating group) is 1. The first-order valence-electron chi connectivity index (χ1n) is 14.1. The Bertz CT molecular complexity index is 1290. The van der Waals surface area contributed by atoms with E-state index in [0.717, 1.165) is 84.3 Å². The molecule has 206 valence electrons. The topological polar surface area (TPSA) is 48.0 Å². The van der Waals surface area contributed by atoms with E-state index in [4.69, 9.17) is 16.3 Å². The van der Waals surface area contributed by atoms with E-state index >= 15 is 0 Å². The molecule has 0 amide bonds. The minimum absolute atomic E-state index is 0.598. The minimum Gasteiger partial charge on any atom is -0.462 e. The number of nitrogens with zero attached hydrogens (tertiary/aromatic N) is 2. The predicted molar refractivity (Wildman–Crippen MR) is 161 cm³/mol. The number of hydrogen-bond donors (Lipinski definition) is 2. The van der Waals surface area contributed by atoms with Gasteiger partial charge in [-0.25, -0.2) is 0 Å². The Labute approximate surface area is 238 Å². The van der Waals surface area contributed by atoms with Crippen LogP contribution in [0.5, 0.6) is 5.75 Å². The summed E-state index contributed by atoms with van der Waals surface area (Å²) in [6.07, 6.45) is 13.4. The maximum Gasteiger partial charge on any atom is 0.134 e. The summed E-state index contributed by atoms with van der Waals surface area (Å²) in [5.74, 6) is 0.805. The lowest BCUT2D eigenvalue weighted by atomic mass is 9.89. The number of nitrogens with one attached hydrogen (secondary N) is 1. The number of halogens is 1. The summed E-state index contributed by atoms with van der Waals surface area (Å²) in [5.41, 5.74) is 5.52. The van der Waals surface area contributed by atoms with Crippen molar-refractivity contribution in [2.75, 3.05) is 32.7 Å². The lowest BCUT2D eigenvalue weighted by Gasteiger charge is -2.28. The predicted octanol–water partition coefficient (Wildman–Crippen LogP) is 6.26. The highest BCUT2D eigenvalue weighted by atomic mass is 35.5. The van der Waals surface area contributed by atoms with Crippen molar-refractivity contribution < 1.29 is 9.84 Å². The lowest BCUT2D eigenvalue weighted by molar-refractivity contribution is 0.0785. The number of benzene rings is 2. The van der Waals surface area contributed by atoms with Gasteiger partial charge in [0.1, 0.15) is 12.0 Å². The fourth-order valence-electron chi connectivity index (χ4n) is 5.72. The Hall–Kier alpha value is -2.83. The molecule has 3 aliphatic heterocycles. The number of ether oxygens (including phenoxy) is 1. The normalized spacial score (nSPS) is 20.2. The van der Waals surface area contributed by atoms with Crippen LogP contribution in [0, 0.1) is 0 Å². The molecule has 3 heterocycles.